The number of thiophene rings is 1. The van der Waals surface area contributed by atoms with Crippen molar-refractivity contribution in [3.05, 3.63) is 33.3 Å². The highest BCUT2D eigenvalue weighted by Crippen LogP contribution is 2.38. The Bertz CT molecular complexity index is 578. The minimum Gasteiger partial charge on any atom is -0.493 e. The molecular formula is C14H20N4OS2. The maximum Gasteiger partial charge on any atom is 0.162 e. The van der Waals surface area contributed by atoms with Crippen LogP contribution < -0.4 is 16.0 Å². The van der Waals surface area contributed by atoms with Crippen molar-refractivity contribution >= 4 is 23.1 Å². The van der Waals surface area contributed by atoms with E-state index in [9.17, 15) is 0 Å². The molecule has 0 radical (unpaired) electrons. The van der Waals surface area contributed by atoms with Gasteiger partial charge < -0.3 is 4.74 Å². The minimum absolute atomic E-state index is 0.0806. The molecule has 0 aromatic carbocycles. The monoisotopic (exact) mass is 324 g/mol. The van der Waals surface area contributed by atoms with E-state index in [1.165, 1.54) is 21.1 Å². The first-order valence-electron chi connectivity index (χ1n) is 7.03. The normalized spacial score (nSPS) is 15.8. The van der Waals surface area contributed by atoms with E-state index in [0.717, 1.165) is 30.2 Å². The highest BCUT2D eigenvalue weighted by Gasteiger charge is 2.25. The Balaban J connectivity index is 2.02. The zero-order valence-corrected chi connectivity index (χ0v) is 13.9. The van der Waals surface area contributed by atoms with Crippen molar-refractivity contribution in [1.29, 1.82) is 0 Å². The lowest BCUT2D eigenvalue weighted by Gasteiger charge is -2.17. The highest BCUT2D eigenvalue weighted by molar-refractivity contribution is 7.98. The first-order valence-corrected chi connectivity index (χ1v) is 9.00. The predicted molar refractivity (Wildman–Crippen MR) is 87.8 cm³/mol. The third-order valence-electron chi connectivity index (χ3n) is 3.74. The molecule has 0 fully saturated rings. The summed E-state index contributed by atoms with van der Waals surface area (Å²) in [4.78, 5) is 2.73. The number of rotatable bonds is 5. The molecule has 2 aromatic rings. The van der Waals surface area contributed by atoms with Gasteiger partial charge in [0.2, 0.25) is 0 Å². The number of nitrogens with one attached hydrogen (secondary N) is 1. The van der Waals surface area contributed by atoms with Gasteiger partial charge in [-0.25, -0.2) is 5.43 Å². The second kappa shape index (κ2) is 6.39. The van der Waals surface area contributed by atoms with E-state index in [-0.39, 0.29) is 6.04 Å². The number of aryl methyl sites for hydroxylation is 2. The summed E-state index contributed by atoms with van der Waals surface area (Å²) in [5.74, 6) is 8.95. The predicted octanol–water partition coefficient (Wildman–Crippen LogP) is 2.32. The van der Waals surface area contributed by atoms with E-state index in [1.54, 1.807) is 13.3 Å². The Kier molecular flexibility index (Phi) is 4.54. The van der Waals surface area contributed by atoms with E-state index in [0.29, 0.717) is 0 Å². The summed E-state index contributed by atoms with van der Waals surface area (Å²) in [7, 11) is 1.67. The van der Waals surface area contributed by atoms with Crippen LogP contribution in [0, 0.1) is 0 Å². The molecule has 7 heteroatoms. The van der Waals surface area contributed by atoms with E-state index in [4.69, 9.17) is 10.6 Å². The SMILES string of the molecule is CCn1ncc(OC)c1C(NN)c1cc2c(s1)CCSC2. The average molecular weight is 324 g/mol. The fraction of sp³-hybridized carbons (Fsp3) is 0.500. The quantitative estimate of drug-likeness (QED) is 0.653. The molecule has 2 aromatic heterocycles. The zero-order valence-electron chi connectivity index (χ0n) is 12.3. The van der Waals surface area contributed by atoms with Gasteiger partial charge in [-0.1, -0.05) is 0 Å². The average Bonchev–Trinajstić information content (AvgIpc) is 3.11. The summed E-state index contributed by atoms with van der Waals surface area (Å²) >= 11 is 3.85. The molecular weight excluding hydrogens is 304 g/mol. The molecule has 1 unspecified atom stereocenters. The molecule has 0 saturated carbocycles. The Labute approximate surface area is 132 Å². The van der Waals surface area contributed by atoms with E-state index in [2.05, 4.69) is 23.5 Å². The molecule has 0 bridgehead atoms. The molecule has 1 aliphatic rings. The van der Waals surface area contributed by atoms with Crippen molar-refractivity contribution in [3.63, 3.8) is 0 Å². The summed E-state index contributed by atoms with van der Waals surface area (Å²) in [5, 5.41) is 4.38. The first kappa shape index (κ1) is 14.9. The van der Waals surface area contributed by atoms with Crippen LogP contribution in [-0.4, -0.2) is 22.6 Å². The standard InChI is InChI=1S/C14H20N4OS2/c1-3-18-14(10(19-2)7-16-18)13(17-15)12-6-9-8-20-5-4-11(9)21-12/h6-7,13,17H,3-5,8,15H2,1-2H3. The fourth-order valence-corrected chi connectivity index (χ4v) is 5.13. The smallest absolute Gasteiger partial charge is 0.162 e. The number of methoxy groups -OCH3 is 1. The van der Waals surface area contributed by atoms with Crippen LogP contribution >= 0.6 is 23.1 Å². The third-order valence-corrected chi connectivity index (χ3v) is 6.05. The molecule has 1 aliphatic heterocycles. The number of thioether (sulfide) groups is 1. The first-order chi connectivity index (χ1) is 10.3. The van der Waals surface area contributed by atoms with Gasteiger partial charge in [0, 0.05) is 22.1 Å². The molecule has 5 nitrogen and oxygen atoms in total. The number of hydrogen-bond donors (Lipinski definition) is 2. The number of hydrogen-bond acceptors (Lipinski definition) is 6. The Morgan fingerprint density at radius 1 is 1.57 bits per heavy atom. The van der Waals surface area contributed by atoms with Gasteiger partial charge in [0.05, 0.1) is 13.3 Å². The van der Waals surface area contributed by atoms with Crippen molar-refractivity contribution in [2.24, 2.45) is 5.84 Å². The topological polar surface area (TPSA) is 65.1 Å². The van der Waals surface area contributed by atoms with Crippen LogP contribution in [0.3, 0.4) is 0 Å². The van der Waals surface area contributed by atoms with Gasteiger partial charge in [-0.3, -0.25) is 10.5 Å². The van der Waals surface area contributed by atoms with Crippen molar-refractivity contribution in [3.8, 4) is 5.75 Å². The van der Waals surface area contributed by atoms with Gasteiger partial charge in [-0.05, 0) is 30.7 Å². The number of nitrogens with zero attached hydrogens (tertiary/aromatic N) is 2. The zero-order chi connectivity index (χ0) is 14.8. The van der Waals surface area contributed by atoms with Crippen LogP contribution in [0.4, 0.5) is 0 Å². The summed E-state index contributed by atoms with van der Waals surface area (Å²) in [6, 6.07) is 2.20. The lowest BCUT2D eigenvalue weighted by Crippen LogP contribution is -2.30. The fourth-order valence-electron chi connectivity index (χ4n) is 2.69. The van der Waals surface area contributed by atoms with Gasteiger partial charge in [0.25, 0.3) is 0 Å². The van der Waals surface area contributed by atoms with E-state index in [1.807, 2.05) is 27.8 Å². The van der Waals surface area contributed by atoms with Crippen LogP contribution in [0.25, 0.3) is 0 Å². The number of ether oxygens (including phenoxy) is 1. The molecule has 21 heavy (non-hydrogen) atoms. The van der Waals surface area contributed by atoms with Crippen molar-refractivity contribution in [2.75, 3.05) is 12.9 Å². The van der Waals surface area contributed by atoms with E-state index >= 15 is 0 Å². The van der Waals surface area contributed by atoms with E-state index < -0.39 is 0 Å². The Morgan fingerprint density at radius 2 is 2.43 bits per heavy atom. The maximum absolute atomic E-state index is 5.86. The molecule has 1 atom stereocenters. The van der Waals surface area contributed by atoms with Gasteiger partial charge in [-0.15, -0.1) is 11.3 Å². The van der Waals surface area contributed by atoms with Crippen molar-refractivity contribution < 1.29 is 4.74 Å². The van der Waals surface area contributed by atoms with Crippen LogP contribution in [0.2, 0.25) is 0 Å². The summed E-state index contributed by atoms with van der Waals surface area (Å²) in [5.41, 5.74) is 5.39. The van der Waals surface area contributed by atoms with Gasteiger partial charge >= 0.3 is 0 Å². The largest absolute Gasteiger partial charge is 0.493 e. The van der Waals surface area contributed by atoms with Crippen LogP contribution in [0.15, 0.2) is 12.3 Å². The number of fused-ring (bicyclic) bond motifs is 1. The molecule has 0 spiro atoms. The summed E-state index contributed by atoms with van der Waals surface area (Å²) < 4.78 is 7.40. The second-order valence-corrected chi connectivity index (χ2v) is 7.19. The maximum atomic E-state index is 5.86. The molecule has 0 amide bonds. The van der Waals surface area contributed by atoms with Crippen LogP contribution in [0.1, 0.15) is 34.0 Å². The number of nitrogens with two attached hydrogens (primary N) is 1. The third kappa shape index (κ3) is 2.70. The Hall–Kier alpha value is -1.02. The minimum atomic E-state index is -0.0806. The Morgan fingerprint density at radius 3 is 3.10 bits per heavy atom. The molecule has 114 valence electrons. The van der Waals surface area contributed by atoms with Crippen molar-refractivity contribution in [1.82, 2.24) is 15.2 Å². The number of hydrazine groups is 1. The highest BCUT2D eigenvalue weighted by atomic mass is 32.2. The lowest BCUT2D eigenvalue weighted by atomic mass is 10.1. The molecule has 3 heterocycles. The van der Waals surface area contributed by atoms with Gasteiger partial charge in [0.1, 0.15) is 11.7 Å². The van der Waals surface area contributed by atoms with Crippen LogP contribution in [0.5, 0.6) is 5.75 Å². The van der Waals surface area contributed by atoms with Gasteiger partial charge in [-0.2, -0.15) is 16.9 Å². The molecule has 0 saturated heterocycles. The summed E-state index contributed by atoms with van der Waals surface area (Å²) in [6.07, 6.45) is 2.92. The molecule has 3 rings (SSSR count). The number of aromatic nitrogens is 2. The van der Waals surface area contributed by atoms with Crippen molar-refractivity contribution in [2.45, 2.75) is 31.7 Å². The lowest BCUT2D eigenvalue weighted by molar-refractivity contribution is 0.400. The van der Waals surface area contributed by atoms with Crippen LogP contribution in [-0.2, 0) is 18.7 Å². The summed E-state index contributed by atoms with van der Waals surface area (Å²) in [6.45, 7) is 2.86. The molecule has 3 N–H and O–H groups in total. The van der Waals surface area contributed by atoms with Gasteiger partial charge in [0.15, 0.2) is 5.75 Å². The second-order valence-electron chi connectivity index (χ2n) is 4.91. The molecule has 0 aliphatic carbocycles.